The highest BCUT2D eigenvalue weighted by atomic mass is 16.2. The summed E-state index contributed by atoms with van der Waals surface area (Å²) in [5.41, 5.74) is 3.75. The van der Waals surface area contributed by atoms with Gasteiger partial charge in [-0.25, -0.2) is 0 Å². The Morgan fingerprint density at radius 1 is 1.14 bits per heavy atom. The third kappa shape index (κ3) is 3.94. The van der Waals surface area contributed by atoms with Gasteiger partial charge in [0.25, 0.3) is 5.91 Å². The normalized spacial score (nSPS) is 10.3. The van der Waals surface area contributed by atoms with Crippen LogP contribution < -0.4 is 10.6 Å². The fourth-order valence-electron chi connectivity index (χ4n) is 2.15. The Balaban J connectivity index is 1.97. The van der Waals surface area contributed by atoms with Crippen LogP contribution in [0.4, 0.5) is 0 Å². The number of H-pyrrole nitrogens is 1. The van der Waals surface area contributed by atoms with E-state index in [4.69, 9.17) is 0 Å². The number of nitrogens with one attached hydrogen (secondary N) is 3. The summed E-state index contributed by atoms with van der Waals surface area (Å²) in [4.78, 5) is 22.7. The van der Waals surface area contributed by atoms with Crippen molar-refractivity contribution in [2.75, 3.05) is 13.1 Å². The molecule has 6 nitrogen and oxygen atoms in total. The van der Waals surface area contributed by atoms with Gasteiger partial charge in [-0.1, -0.05) is 19.1 Å². The highest BCUT2D eigenvalue weighted by Crippen LogP contribution is 2.22. The van der Waals surface area contributed by atoms with Crippen molar-refractivity contribution in [3.05, 3.63) is 41.7 Å². The lowest BCUT2D eigenvalue weighted by Crippen LogP contribution is -2.33. The van der Waals surface area contributed by atoms with Crippen LogP contribution >= 0.6 is 0 Å². The minimum atomic E-state index is -0.153. The van der Waals surface area contributed by atoms with Crippen molar-refractivity contribution in [2.45, 2.75) is 20.3 Å². The van der Waals surface area contributed by atoms with Crippen molar-refractivity contribution >= 4 is 11.8 Å². The smallest absolute Gasteiger partial charge is 0.251 e. The molecule has 116 valence electrons. The van der Waals surface area contributed by atoms with Crippen molar-refractivity contribution in [1.82, 2.24) is 20.8 Å². The molecular formula is C16H20N4O2. The van der Waals surface area contributed by atoms with Gasteiger partial charge in [-0.3, -0.25) is 14.7 Å². The number of benzene rings is 1. The molecule has 2 amide bonds. The van der Waals surface area contributed by atoms with Crippen LogP contribution in [0, 0.1) is 0 Å². The van der Waals surface area contributed by atoms with Gasteiger partial charge in [0, 0.05) is 36.8 Å². The van der Waals surface area contributed by atoms with Crippen LogP contribution in [0.5, 0.6) is 0 Å². The van der Waals surface area contributed by atoms with E-state index in [1.54, 1.807) is 18.3 Å². The average molecular weight is 300 g/mol. The van der Waals surface area contributed by atoms with Crippen LogP contribution in [-0.2, 0) is 11.2 Å². The van der Waals surface area contributed by atoms with Crippen LogP contribution in [0.25, 0.3) is 11.1 Å². The monoisotopic (exact) mass is 300 g/mol. The Morgan fingerprint density at radius 3 is 2.45 bits per heavy atom. The number of carbonyl (C=O) groups excluding carboxylic acids is 2. The van der Waals surface area contributed by atoms with Gasteiger partial charge in [0.1, 0.15) is 0 Å². The summed E-state index contributed by atoms with van der Waals surface area (Å²) < 4.78 is 0. The van der Waals surface area contributed by atoms with E-state index in [1.165, 1.54) is 6.92 Å². The van der Waals surface area contributed by atoms with Crippen LogP contribution in [0.1, 0.15) is 29.9 Å². The largest absolute Gasteiger partial charge is 0.355 e. The van der Waals surface area contributed by atoms with Crippen molar-refractivity contribution in [3.8, 4) is 11.1 Å². The highest BCUT2D eigenvalue weighted by molar-refractivity contribution is 5.94. The van der Waals surface area contributed by atoms with Crippen molar-refractivity contribution < 1.29 is 9.59 Å². The van der Waals surface area contributed by atoms with Gasteiger partial charge in [0.2, 0.25) is 5.91 Å². The number of nitrogens with zero attached hydrogens (tertiary/aromatic N) is 1. The minimum absolute atomic E-state index is 0.106. The average Bonchev–Trinajstić information content (AvgIpc) is 3.00. The summed E-state index contributed by atoms with van der Waals surface area (Å²) in [6.45, 7) is 4.34. The Bertz CT molecular complexity index is 646. The first kappa shape index (κ1) is 15.8. The van der Waals surface area contributed by atoms with Crippen LogP contribution in [0.3, 0.4) is 0 Å². The molecule has 3 N–H and O–H groups in total. The molecule has 1 heterocycles. The van der Waals surface area contributed by atoms with E-state index in [0.29, 0.717) is 18.7 Å². The number of carbonyl (C=O) groups is 2. The van der Waals surface area contributed by atoms with E-state index in [1.807, 2.05) is 12.1 Å². The number of aromatic amines is 1. The fourth-order valence-corrected chi connectivity index (χ4v) is 2.15. The lowest BCUT2D eigenvalue weighted by molar-refractivity contribution is -0.118. The van der Waals surface area contributed by atoms with Gasteiger partial charge in [-0.05, 0) is 24.1 Å². The SMILES string of the molecule is CCc1[nH]ncc1-c1ccc(C(=O)NCCNC(C)=O)cc1. The second-order valence-electron chi connectivity index (χ2n) is 4.93. The molecule has 2 rings (SSSR count). The van der Waals surface area contributed by atoms with Gasteiger partial charge >= 0.3 is 0 Å². The summed E-state index contributed by atoms with van der Waals surface area (Å²) in [7, 11) is 0. The number of aryl methyl sites for hydroxylation is 1. The molecule has 0 aliphatic heterocycles. The van der Waals surface area contributed by atoms with Gasteiger partial charge in [-0.15, -0.1) is 0 Å². The maximum absolute atomic E-state index is 12.0. The van der Waals surface area contributed by atoms with Gasteiger partial charge < -0.3 is 10.6 Å². The number of hydrogen-bond donors (Lipinski definition) is 3. The molecule has 0 aliphatic carbocycles. The van der Waals surface area contributed by atoms with Gasteiger partial charge in [-0.2, -0.15) is 5.10 Å². The first-order valence-corrected chi connectivity index (χ1v) is 7.27. The minimum Gasteiger partial charge on any atom is -0.355 e. The molecular weight excluding hydrogens is 280 g/mol. The number of aromatic nitrogens is 2. The Hall–Kier alpha value is -2.63. The molecule has 0 saturated heterocycles. The third-order valence-electron chi connectivity index (χ3n) is 3.31. The van der Waals surface area contributed by atoms with E-state index >= 15 is 0 Å². The summed E-state index contributed by atoms with van der Waals surface area (Å²) in [6, 6.07) is 7.39. The molecule has 0 fully saturated rings. The van der Waals surface area contributed by atoms with E-state index in [0.717, 1.165) is 23.2 Å². The van der Waals surface area contributed by atoms with E-state index in [2.05, 4.69) is 27.8 Å². The van der Waals surface area contributed by atoms with Crippen molar-refractivity contribution in [3.63, 3.8) is 0 Å². The Morgan fingerprint density at radius 2 is 1.82 bits per heavy atom. The second-order valence-corrected chi connectivity index (χ2v) is 4.93. The molecule has 1 aromatic heterocycles. The zero-order chi connectivity index (χ0) is 15.9. The molecule has 2 aromatic rings. The Kier molecular flexibility index (Phi) is 5.30. The summed E-state index contributed by atoms with van der Waals surface area (Å²) >= 11 is 0. The quantitative estimate of drug-likeness (QED) is 0.707. The number of rotatable bonds is 6. The topological polar surface area (TPSA) is 86.9 Å². The summed E-state index contributed by atoms with van der Waals surface area (Å²) in [6.07, 6.45) is 2.67. The van der Waals surface area contributed by atoms with Gasteiger partial charge in [0.05, 0.1) is 6.20 Å². The zero-order valence-electron chi connectivity index (χ0n) is 12.8. The Labute approximate surface area is 129 Å². The molecule has 0 bridgehead atoms. The maximum Gasteiger partial charge on any atom is 0.251 e. The third-order valence-corrected chi connectivity index (χ3v) is 3.31. The predicted molar refractivity (Wildman–Crippen MR) is 84.4 cm³/mol. The molecule has 1 aromatic carbocycles. The molecule has 6 heteroatoms. The highest BCUT2D eigenvalue weighted by Gasteiger charge is 2.08. The molecule has 0 saturated carbocycles. The summed E-state index contributed by atoms with van der Waals surface area (Å²) in [5.74, 6) is -0.259. The maximum atomic E-state index is 12.0. The first-order valence-electron chi connectivity index (χ1n) is 7.27. The fraction of sp³-hybridized carbons (Fsp3) is 0.312. The molecule has 0 unspecified atom stereocenters. The predicted octanol–water partition coefficient (Wildman–Crippen LogP) is 1.50. The molecule has 22 heavy (non-hydrogen) atoms. The molecule has 0 aliphatic rings. The number of hydrogen-bond acceptors (Lipinski definition) is 3. The van der Waals surface area contributed by atoms with Crippen molar-refractivity contribution in [2.24, 2.45) is 0 Å². The first-order chi connectivity index (χ1) is 10.6. The van der Waals surface area contributed by atoms with Crippen LogP contribution in [0.2, 0.25) is 0 Å². The van der Waals surface area contributed by atoms with Crippen LogP contribution in [0.15, 0.2) is 30.5 Å². The van der Waals surface area contributed by atoms with E-state index in [-0.39, 0.29) is 11.8 Å². The molecule has 0 atom stereocenters. The number of amides is 2. The van der Waals surface area contributed by atoms with Crippen molar-refractivity contribution in [1.29, 1.82) is 0 Å². The zero-order valence-corrected chi connectivity index (χ0v) is 12.8. The standard InChI is InChI=1S/C16H20N4O2/c1-3-15-14(10-19-20-15)12-4-6-13(7-5-12)16(22)18-9-8-17-11(2)21/h4-7,10H,3,8-9H2,1-2H3,(H,17,21)(H,18,22)(H,19,20). The van der Waals surface area contributed by atoms with E-state index < -0.39 is 0 Å². The second kappa shape index (κ2) is 7.40. The summed E-state index contributed by atoms with van der Waals surface area (Å²) in [5, 5.41) is 12.4. The molecule has 0 spiro atoms. The van der Waals surface area contributed by atoms with Gasteiger partial charge in [0.15, 0.2) is 0 Å². The molecule has 0 radical (unpaired) electrons. The van der Waals surface area contributed by atoms with E-state index in [9.17, 15) is 9.59 Å². The lowest BCUT2D eigenvalue weighted by Gasteiger charge is -2.07. The van der Waals surface area contributed by atoms with Crippen LogP contribution in [-0.4, -0.2) is 35.1 Å². The lowest BCUT2D eigenvalue weighted by atomic mass is 10.0.